The molecule has 18 heavy (non-hydrogen) atoms. The topological polar surface area (TPSA) is 17.8 Å². The van der Waals surface area contributed by atoms with E-state index in [1.807, 2.05) is 0 Å². The molecular formula is C11H7F5N2. The van der Waals surface area contributed by atoms with Crippen LogP contribution >= 0.6 is 0 Å². The number of imidazole rings is 1. The zero-order valence-electron chi connectivity index (χ0n) is 9.15. The first-order valence-corrected chi connectivity index (χ1v) is 5.03. The van der Waals surface area contributed by atoms with E-state index in [-0.39, 0.29) is 12.2 Å². The lowest BCUT2D eigenvalue weighted by Crippen LogP contribution is -2.11. The van der Waals surface area contributed by atoms with Gasteiger partial charge in [-0.3, -0.25) is 4.57 Å². The van der Waals surface area contributed by atoms with Gasteiger partial charge in [0.05, 0.1) is 0 Å². The molecule has 1 aromatic carbocycles. The maximum Gasteiger partial charge on any atom is 0.200 e. The van der Waals surface area contributed by atoms with E-state index in [0.29, 0.717) is 0 Å². The highest BCUT2D eigenvalue weighted by Gasteiger charge is 2.27. The van der Waals surface area contributed by atoms with Crippen molar-refractivity contribution < 1.29 is 22.0 Å². The van der Waals surface area contributed by atoms with Crippen LogP contribution in [-0.2, 0) is 6.42 Å². The summed E-state index contributed by atoms with van der Waals surface area (Å²) in [4.78, 5) is 3.77. The van der Waals surface area contributed by atoms with Crippen LogP contribution in [0.15, 0.2) is 12.4 Å². The molecule has 2 rings (SSSR count). The number of hydrogen-bond donors (Lipinski definition) is 0. The van der Waals surface area contributed by atoms with E-state index in [9.17, 15) is 22.0 Å². The van der Waals surface area contributed by atoms with Crippen molar-refractivity contribution in [3.63, 3.8) is 0 Å². The molecule has 0 spiro atoms. The maximum atomic E-state index is 13.5. The average Bonchev–Trinajstić information content (AvgIpc) is 2.82. The molecule has 96 valence electrons. The Morgan fingerprint density at radius 3 is 1.94 bits per heavy atom. The van der Waals surface area contributed by atoms with E-state index in [0.717, 1.165) is 10.8 Å². The third kappa shape index (κ3) is 1.66. The molecule has 7 heteroatoms. The van der Waals surface area contributed by atoms with Crippen molar-refractivity contribution in [3.8, 4) is 5.69 Å². The third-order valence-electron chi connectivity index (χ3n) is 2.46. The number of hydrogen-bond acceptors (Lipinski definition) is 1. The Morgan fingerprint density at radius 1 is 0.944 bits per heavy atom. The van der Waals surface area contributed by atoms with Gasteiger partial charge < -0.3 is 0 Å². The standard InChI is InChI=1S/C11H7F5N2/c1-2-5-17-3-4-18(5)11-9(15)7(13)6(12)8(14)10(11)16/h3-4H,2H2,1H3. The predicted octanol–water partition coefficient (Wildman–Crippen LogP) is 3.13. The van der Waals surface area contributed by atoms with Crippen molar-refractivity contribution in [2.45, 2.75) is 13.3 Å². The largest absolute Gasteiger partial charge is 0.298 e. The van der Waals surface area contributed by atoms with Crippen molar-refractivity contribution in [2.24, 2.45) is 0 Å². The van der Waals surface area contributed by atoms with Gasteiger partial charge in [-0.25, -0.2) is 26.9 Å². The van der Waals surface area contributed by atoms with E-state index in [1.165, 1.54) is 6.20 Å². The first-order chi connectivity index (χ1) is 8.49. The van der Waals surface area contributed by atoms with Gasteiger partial charge in [-0.1, -0.05) is 6.92 Å². The SMILES string of the molecule is CCc1nccn1-c1c(F)c(F)c(F)c(F)c1F. The molecule has 0 atom stereocenters. The molecule has 0 amide bonds. The molecule has 0 aliphatic heterocycles. The minimum Gasteiger partial charge on any atom is -0.298 e. The number of aromatic nitrogens is 2. The lowest BCUT2D eigenvalue weighted by atomic mass is 10.2. The first kappa shape index (κ1) is 12.5. The van der Waals surface area contributed by atoms with E-state index in [4.69, 9.17) is 0 Å². The summed E-state index contributed by atoms with van der Waals surface area (Å²) in [5.41, 5.74) is -1.01. The zero-order valence-corrected chi connectivity index (χ0v) is 9.15. The Morgan fingerprint density at radius 2 is 1.44 bits per heavy atom. The maximum absolute atomic E-state index is 13.5. The summed E-state index contributed by atoms with van der Waals surface area (Å²) in [7, 11) is 0. The zero-order chi connectivity index (χ0) is 13.4. The van der Waals surface area contributed by atoms with Crippen LogP contribution in [0.25, 0.3) is 5.69 Å². The number of nitrogens with zero attached hydrogens (tertiary/aromatic N) is 2. The van der Waals surface area contributed by atoms with Crippen LogP contribution < -0.4 is 0 Å². The minimum atomic E-state index is -2.17. The number of aryl methyl sites for hydroxylation is 1. The molecule has 0 aliphatic rings. The van der Waals surface area contributed by atoms with Gasteiger partial charge in [-0.15, -0.1) is 0 Å². The summed E-state index contributed by atoms with van der Waals surface area (Å²) in [5, 5.41) is 0. The van der Waals surface area contributed by atoms with Gasteiger partial charge in [-0.05, 0) is 0 Å². The van der Waals surface area contributed by atoms with E-state index in [2.05, 4.69) is 4.98 Å². The van der Waals surface area contributed by atoms with Crippen LogP contribution in [0.2, 0.25) is 0 Å². The smallest absolute Gasteiger partial charge is 0.200 e. The molecule has 1 heterocycles. The van der Waals surface area contributed by atoms with Crippen molar-refractivity contribution >= 4 is 0 Å². The quantitative estimate of drug-likeness (QED) is 0.462. The molecule has 0 unspecified atom stereocenters. The Labute approximate surface area is 98.7 Å². The second kappa shape index (κ2) is 4.40. The predicted molar refractivity (Wildman–Crippen MR) is 52.7 cm³/mol. The summed E-state index contributed by atoms with van der Waals surface area (Å²) in [5.74, 6) is -9.68. The molecule has 0 saturated carbocycles. The lowest BCUT2D eigenvalue weighted by Gasteiger charge is -2.10. The molecule has 0 N–H and O–H groups in total. The van der Waals surface area contributed by atoms with Gasteiger partial charge >= 0.3 is 0 Å². The van der Waals surface area contributed by atoms with Gasteiger partial charge in [0, 0.05) is 18.8 Å². The monoisotopic (exact) mass is 262 g/mol. The van der Waals surface area contributed by atoms with Crippen LogP contribution in [0.5, 0.6) is 0 Å². The summed E-state index contributed by atoms with van der Waals surface area (Å²) in [6.45, 7) is 1.64. The van der Waals surface area contributed by atoms with Crippen LogP contribution in [0, 0.1) is 29.1 Å². The highest BCUT2D eigenvalue weighted by molar-refractivity contribution is 5.38. The van der Waals surface area contributed by atoms with E-state index < -0.39 is 34.8 Å². The fraction of sp³-hybridized carbons (Fsp3) is 0.182. The molecule has 0 fully saturated rings. The Kier molecular flexibility index (Phi) is 3.06. The summed E-state index contributed by atoms with van der Waals surface area (Å²) in [6, 6.07) is 0. The van der Waals surface area contributed by atoms with Crippen LogP contribution in [0.3, 0.4) is 0 Å². The molecule has 0 radical (unpaired) electrons. The minimum absolute atomic E-state index is 0.193. The molecular weight excluding hydrogens is 255 g/mol. The highest BCUT2D eigenvalue weighted by Crippen LogP contribution is 2.26. The molecule has 0 saturated heterocycles. The molecule has 2 nitrogen and oxygen atoms in total. The second-order valence-corrected chi connectivity index (χ2v) is 3.49. The number of rotatable bonds is 2. The van der Waals surface area contributed by atoms with Crippen molar-refractivity contribution in [3.05, 3.63) is 47.3 Å². The third-order valence-corrected chi connectivity index (χ3v) is 2.46. The Bertz CT molecular complexity index is 577. The summed E-state index contributed by atoms with van der Waals surface area (Å²) >= 11 is 0. The Hall–Kier alpha value is -1.92. The van der Waals surface area contributed by atoms with Gasteiger partial charge in [0.25, 0.3) is 0 Å². The lowest BCUT2D eigenvalue weighted by molar-refractivity contribution is 0.375. The second-order valence-electron chi connectivity index (χ2n) is 3.49. The molecule has 0 bridgehead atoms. The summed E-state index contributed by atoms with van der Waals surface area (Å²) in [6.07, 6.45) is 2.64. The summed E-state index contributed by atoms with van der Waals surface area (Å²) < 4.78 is 66.8. The van der Waals surface area contributed by atoms with Gasteiger partial charge in [0.1, 0.15) is 11.5 Å². The average molecular weight is 262 g/mol. The molecule has 2 aromatic rings. The number of halogens is 5. The van der Waals surface area contributed by atoms with E-state index >= 15 is 0 Å². The van der Waals surface area contributed by atoms with Crippen molar-refractivity contribution in [1.29, 1.82) is 0 Å². The van der Waals surface area contributed by atoms with Gasteiger partial charge in [0.15, 0.2) is 23.3 Å². The fourth-order valence-corrected chi connectivity index (χ4v) is 1.60. The van der Waals surface area contributed by atoms with Crippen LogP contribution in [0.4, 0.5) is 22.0 Å². The van der Waals surface area contributed by atoms with Crippen molar-refractivity contribution in [2.75, 3.05) is 0 Å². The number of benzene rings is 1. The van der Waals surface area contributed by atoms with Crippen LogP contribution in [-0.4, -0.2) is 9.55 Å². The highest BCUT2D eigenvalue weighted by atomic mass is 19.2. The first-order valence-electron chi connectivity index (χ1n) is 5.03. The normalized spacial score (nSPS) is 11.0. The van der Waals surface area contributed by atoms with Gasteiger partial charge in [0.2, 0.25) is 5.82 Å². The molecule has 1 aromatic heterocycles. The fourth-order valence-electron chi connectivity index (χ4n) is 1.60. The van der Waals surface area contributed by atoms with E-state index in [1.54, 1.807) is 6.92 Å². The van der Waals surface area contributed by atoms with Gasteiger partial charge in [-0.2, -0.15) is 0 Å². The van der Waals surface area contributed by atoms with Crippen LogP contribution in [0.1, 0.15) is 12.7 Å². The Balaban J connectivity index is 2.80. The van der Waals surface area contributed by atoms with Crippen molar-refractivity contribution in [1.82, 2.24) is 9.55 Å². The molecule has 0 aliphatic carbocycles.